The molecule has 2 aliphatic rings. The molecule has 132 valence electrons. The molecule has 0 aliphatic carbocycles. The number of β-amino-alcohol motifs (C(OH)–C–C–N with tert-alkyl or cyclic N) is 1. The normalized spacial score (nSPS) is 22.9. The van der Waals surface area contributed by atoms with Crippen molar-refractivity contribution in [2.24, 2.45) is 5.92 Å². The van der Waals surface area contributed by atoms with Crippen LogP contribution in [0, 0.1) is 5.92 Å². The molecule has 7 nitrogen and oxygen atoms in total. The summed E-state index contributed by atoms with van der Waals surface area (Å²) in [5.41, 5.74) is 0.960. The number of anilines is 1. The standard InChI is InChI=1S/C15H19ClN4O3.ClH/c16-11-2-1-9(5-12(11)20-4-3-18-15(20)23)14(22)19-7-10-6-17-8-13(10)21;/h1-2,5,10,13,17,21H,3-4,6-8H2,(H,18,23)(H,19,22);1H. The number of nitrogens with one attached hydrogen (secondary N) is 3. The minimum absolute atomic E-state index is 0. The van der Waals surface area contributed by atoms with Gasteiger partial charge >= 0.3 is 6.03 Å². The number of rotatable bonds is 4. The van der Waals surface area contributed by atoms with E-state index in [2.05, 4.69) is 16.0 Å². The largest absolute Gasteiger partial charge is 0.391 e. The van der Waals surface area contributed by atoms with Gasteiger partial charge in [0.15, 0.2) is 0 Å². The molecular weight excluding hydrogens is 355 g/mol. The summed E-state index contributed by atoms with van der Waals surface area (Å²) in [6.45, 7) is 2.70. The van der Waals surface area contributed by atoms with E-state index < -0.39 is 6.10 Å². The van der Waals surface area contributed by atoms with Crippen LogP contribution in [0.3, 0.4) is 0 Å². The lowest BCUT2D eigenvalue weighted by Gasteiger charge is -2.18. The van der Waals surface area contributed by atoms with Crippen LogP contribution in [0.25, 0.3) is 0 Å². The Kier molecular flexibility index (Phi) is 6.28. The Morgan fingerprint density at radius 3 is 2.83 bits per heavy atom. The van der Waals surface area contributed by atoms with Crippen LogP contribution in [0.4, 0.5) is 10.5 Å². The number of hydrogen-bond acceptors (Lipinski definition) is 4. The molecule has 0 radical (unpaired) electrons. The van der Waals surface area contributed by atoms with Crippen LogP contribution in [0.15, 0.2) is 18.2 Å². The Hall–Kier alpha value is -1.54. The van der Waals surface area contributed by atoms with Crippen molar-refractivity contribution in [1.29, 1.82) is 0 Å². The topological polar surface area (TPSA) is 93.7 Å². The number of nitrogens with zero attached hydrogens (tertiary/aromatic N) is 1. The lowest BCUT2D eigenvalue weighted by atomic mass is 10.1. The van der Waals surface area contributed by atoms with Crippen LogP contribution in [0.5, 0.6) is 0 Å². The third-order valence-corrected chi connectivity index (χ3v) is 4.50. The average molecular weight is 375 g/mol. The maximum absolute atomic E-state index is 12.3. The molecule has 0 spiro atoms. The molecule has 9 heteroatoms. The zero-order chi connectivity index (χ0) is 16.4. The predicted octanol–water partition coefficient (Wildman–Crippen LogP) is 0.601. The molecule has 24 heavy (non-hydrogen) atoms. The minimum Gasteiger partial charge on any atom is -0.391 e. The van der Waals surface area contributed by atoms with Gasteiger partial charge in [-0.15, -0.1) is 12.4 Å². The van der Waals surface area contributed by atoms with Crippen molar-refractivity contribution < 1.29 is 14.7 Å². The van der Waals surface area contributed by atoms with Crippen molar-refractivity contribution in [3.8, 4) is 0 Å². The summed E-state index contributed by atoms with van der Waals surface area (Å²) < 4.78 is 0. The number of carbonyl (C=O) groups is 2. The molecule has 2 saturated heterocycles. The first-order valence-corrected chi connectivity index (χ1v) is 7.96. The number of amides is 3. The smallest absolute Gasteiger partial charge is 0.322 e. The van der Waals surface area contributed by atoms with Gasteiger partial charge in [0.2, 0.25) is 0 Å². The van der Waals surface area contributed by atoms with Crippen LogP contribution in [0.2, 0.25) is 5.02 Å². The molecule has 0 bridgehead atoms. The molecule has 2 unspecified atom stereocenters. The quantitative estimate of drug-likeness (QED) is 0.620. The van der Waals surface area contributed by atoms with Crippen LogP contribution in [-0.2, 0) is 0 Å². The highest BCUT2D eigenvalue weighted by Crippen LogP contribution is 2.28. The second-order valence-corrected chi connectivity index (χ2v) is 6.15. The van der Waals surface area contributed by atoms with Crippen molar-refractivity contribution >= 4 is 41.6 Å². The molecule has 0 saturated carbocycles. The number of urea groups is 1. The van der Waals surface area contributed by atoms with Gasteiger partial charge in [0.1, 0.15) is 0 Å². The highest BCUT2D eigenvalue weighted by Gasteiger charge is 2.26. The predicted molar refractivity (Wildman–Crippen MR) is 94.1 cm³/mol. The molecule has 1 aromatic carbocycles. The van der Waals surface area contributed by atoms with Crippen LogP contribution < -0.4 is 20.9 Å². The SMILES string of the molecule is Cl.O=C(NCC1CNCC1O)c1ccc(Cl)c(N2CCNC2=O)c1. The highest BCUT2D eigenvalue weighted by molar-refractivity contribution is 6.34. The molecule has 2 fully saturated rings. The van der Waals surface area contributed by atoms with Crippen molar-refractivity contribution in [3.05, 3.63) is 28.8 Å². The molecule has 0 aromatic heterocycles. The molecule has 2 heterocycles. The number of halogens is 2. The van der Waals surface area contributed by atoms with Gasteiger partial charge in [0.25, 0.3) is 5.91 Å². The summed E-state index contributed by atoms with van der Waals surface area (Å²) in [5, 5.41) is 18.8. The molecular formula is C15H20Cl2N4O3. The first-order valence-electron chi connectivity index (χ1n) is 7.58. The van der Waals surface area contributed by atoms with Gasteiger partial charge in [-0.25, -0.2) is 4.79 Å². The molecule has 1 aromatic rings. The Balaban J connectivity index is 0.00000208. The third-order valence-electron chi connectivity index (χ3n) is 4.18. The van der Waals surface area contributed by atoms with Crippen molar-refractivity contribution in [2.45, 2.75) is 6.10 Å². The maximum atomic E-state index is 12.3. The number of aliphatic hydroxyl groups excluding tert-OH is 1. The zero-order valence-corrected chi connectivity index (χ0v) is 14.5. The first kappa shape index (κ1) is 18.8. The minimum atomic E-state index is -0.440. The zero-order valence-electron chi connectivity index (χ0n) is 12.9. The molecule has 4 N–H and O–H groups in total. The van der Waals surface area contributed by atoms with Crippen molar-refractivity contribution in [2.75, 3.05) is 37.6 Å². The lowest BCUT2D eigenvalue weighted by Crippen LogP contribution is -2.34. The van der Waals surface area contributed by atoms with E-state index in [4.69, 9.17) is 11.6 Å². The van der Waals surface area contributed by atoms with E-state index >= 15 is 0 Å². The highest BCUT2D eigenvalue weighted by atomic mass is 35.5. The van der Waals surface area contributed by atoms with E-state index in [0.29, 0.717) is 49.0 Å². The van der Waals surface area contributed by atoms with Gasteiger partial charge in [-0.05, 0) is 18.2 Å². The summed E-state index contributed by atoms with van der Waals surface area (Å²) >= 11 is 6.15. The van der Waals surface area contributed by atoms with Crippen LogP contribution >= 0.6 is 24.0 Å². The van der Waals surface area contributed by atoms with Crippen LogP contribution in [-0.4, -0.2) is 55.9 Å². The number of carbonyl (C=O) groups excluding carboxylic acids is 2. The van der Waals surface area contributed by atoms with Gasteiger partial charge in [-0.2, -0.15) is 0 Å². The second kappa shape index (κ2) is 8.02. The maximum Gasteiger partial charge on any atom is 0.322 e. The van der Waals surface area contributed by atoms with Crippen molar-refractivity contribution in [1.82, 2.24) is 16.0 Å². The Labute approximate surface area is 151 Å². The molecule has 3 amide bonds. The van der Waals surface area contributed by atoms with E-state index in [0.717, 1.165) is 0 Å². The van der Waals surface area contributed by atoms with Crippen LogP contribution in [0.1, 0.15) is 10.4 Å². The lowest BCUT2D eigenvalue weighted by molar-refractivity contribution is 0.0927. The van der Waals surface area contributed by atoms with E-state index in [1.54, 1.807) is 18.2 Å². The molecule has 2 atom stereocenters. The molecule has 2 aliphatic heterocycles. The monoisotopic (exact) mass is 374 g/mol. The number of hydrogen-bond donors (Lipinski definition) is 4. The second-order valence-electron chi connectivity index (χ2n) is 5.75. The summed E-state index contributed by atoms with van der Waals surface area (Å²) in [5.74, 6) is -0.239. The Morgan fingerprint density at radius 1 is 1.42 bits per heavy atom. The third kappa shape index (κ3) is 3.92. The fourth-order valence-electron chi connectivity index (χ4n) is 2.82. The van der Waals surface area contributed by atoms with E-state index in [9.17, 15) is 14.7 Å². The fraction of sp³-hybridized carbons (Fsp3) is 0.467. The fourth-order valence-corrected chi connectivity index (χ4v) is 3.04. The summed E-state index contributed by atoms with van der Waals surface area (Å²) in [4.78, 5) is 25.6. The van der Waals surface area contributed by atoms with Gasteiger partial charge in [0, 0.05) is 44.2 Å². The molecule has 3 rings (SSSR count). The summed E-state index contributed by atoms with van der Waals surface area (Å²) in [6, 6.07) is 4.64. The van der Waals surface area contributed by atoms with E-state index in [1.165, 1.54) is 4.90 Å². The van der Waals surface area contributed by atoms with Gasteiger partial charge in [0.05, 0.1) is 16.8 Å². The van der Waals surface area contributed by atoms with Crippen molar-refractivity contribution in [3.63, 3.8) is 0 Å². The number of benzene rings is 1. The average Bonchev–Trinajstić information content (AvgIpc) is 3.14. The number of aliphatic hydroxyl groups is 1. The summed E-state index contributed by atoms with van der Waals surface area (Å²) in [6.07, 6.45) is -0.440. The summed E-state index contributed by atoms with van der Waals surface area (Å²) in [7, 11) is 0. The van der Waals surface area contributed by atoms with Gasteiger partial charge < -0.3 is 21.1 Å². The van der Waals surface area contributed by atoms with Gasteiger partial charge in [-0.3, -0.25) is 9.69 Å². The Morgan fingerprint density at radius 2 is 2.21 bits per heavy atom. The first-order chi connectivity index (χ1) is 11.1. The van der Waals surface area contributed by atoms with E-state index in [-0.39, 0.29) is 30.3 Å². The van der Waals surface area contributed by atoms with E-state index in [1.807, 2.05) is 0 Å². The van der Waals surface area contributed by atoms with Gasteiger partial charge in [-0.1, -0.05) is 11.6 Å². The Bertz CT molecular complexity index is 629.